The second-order valence-corrected chi connectivity index (χ2v) is 7.21. The van der Waals surface area contributed by atoms with Crippen LogP contribution < -0.4 is 10.7 Å². The number of benzene rings is 4. The van der Waals surface area contributed by atoms with Crippen LogP contribution in [0.1, 0.15) is 33.2 Å². The molecule has 0 heterocycles. The maximum atomic E-state index is 13.4. The lowest BCUT2D eigenvalue weighted by Gasteiger charge is -2.09. The van der Waals surface area contributed by atoms with Crippen molar-refractivity contribution >= 4 is 34.0 Å². The number of halogens is 1. The van der Waals surface area contributed by atoms with Gasteiger partial charge in [0.2, 0.25) is 0 Å². The molecule has 4 aromatic rings. The third kappa shape index (κ3) is 4.70. The van der Waals surface area contributed by atoms with Crippen molar-refractivity contribution in [1.29, 1.82) is 0 Å². The smallest absolute Gasteiger partial charge is 0.272 e. The number of anilines is 1. The van der Waals surface area contributed by atoms with Crippen LogP contribution in [0.4, 0.5) is 10.1 Å². The predicted molar refractivity (Wildman–Crippen MR) is 124 cm³/mol. The molecule has 0 unspecified atom stereocenters. The number of nitrogens with zero attached hydrogens (tertiary/aromatic N) is 1. The van der Waals surface area contributed by atoms with Gasteiger partial charge in [0.05, 0.1) is 5.71 Å². The third-order valence-corrected chi connectivity index (χ3v) is 4.98. The summed E-state index contributed by atoms with van der Waals surface area (Å²) in [5, 5.41) is 8.79. The molecule has 6 heteroatoms. The van der Waals surface area contributed by atoms with Crippen molar-refractivity contribution in [3.05, 3.63) is 114 Å². The summed E-state index contributed by atoms with van der Waals surface area (Å²) in [6, 6.07) is 25.7. The molecule has 0 aromatic heterocycles. The molecule has 0 aliphatic heterocycles. The van der Waals surface area contributed by atoms with E-state index in [9.17, 15) is 14.0 Å². The molecule has 2 amide bonds. The van der Waals surface area contributed by atoms with Crippen molar-refractivity contribution in [3.8, 4) is 0 Å². The van der Waals surface area contributed by atoms with Gasteiger partial charge < -0.3 is 5.32 Å². The Labute approximate surface area is 184 Å². The van der Waals surface area contributed by atoms with Gasteiger partial charge in [-0.05, 0) is 59.7 Å². The average molecular weight is 425 g/mol. The molecule has 4 aromatic carbocycles. The van der Waals surface area contributed by atoms with Gasteiger partial charge in [-0.2, -0.15) is 5.10 Å². The Morgan fingerprint density at radius 3 is 2.34 bits per heavy atom. The molecule has 0 saturated heterocycles. The van der Waals surface area contributed by atoms with Crippen LogP contribution in [0.25, 0.3) is 10.8 Å². The highest BCUT2D eigenvalue weighted by molar-refractivity contribution is 6.08. The van der Waals surface area contributed by atoms with Gasteiger partial charge in [0, 0.05) is 16.8 Å². The lowest BCUT2D eigenvalue weighted by Crippen LogP contribution is -2.19. The first-order chi connectivity index (χ1) is 15.5. The Balaban J connectivity index is 1.49. The molecule has 32 heavy (non-hydrogen) atoms. The van der Waals surface area contributed by atoms with Crippen molar-refractivity contribution < 1.29 is 14.0 Å². The van der Waals surface area contributed by atoms with Crippen LogP contribution >= 0.6 is 0 Å². The fourth-order valence-electron chi connectivity index (χ4n) is 3.34. The van der Waals surface area contributed by atoms with Crippen molar-refractivity contribution in [2.45, 2.75) is 6.92 Å². The number of hydrogen-bond acceptors (Lipinski definition) is 3. The van der Waals surface area contributed by atoms with E-state index < -0.39 is 11.7 Å². The van der Waals surface area contributed by atoms with Crippen molar-refractivity contribution in [3.63, 3.8) is 0 Å². The van der Waals surface area contributed by atoms with Gasteiger partial charge >= 0.3 is 0 Å². The molecule has 158 valence electrons. The number of nitrogens with one attached hydrogen (secondary N) is 2. The number of hydrazone groups is 1. The minimum absolute atomic E-state index is 0.225. The van der Waals surface area contributed by atoms with Crippen molar-refractivity contribution in [2.24, 2.45) is 5.10 Å². The van der Waals surface area contributed by atoms with Gasteiger partial charge in [-0.25, -0.2) is 9.82 Å². The third-order valence-electron chi connectivity index (χ3n) is 4.98. The zero-order valence-corrected chi connectivity index (χ0v) is 17.3. The van der Waals surface area contributed by atoms with Gasteiger partial charge in [0.25, 0.3) is 11.8 Å². The number of carbonyl (C=O) groups excluding carboxylic acids is 2. The van der Waals surface area contributed by atoms with Crippen LogP contribution in [0.2, 0.25) is 0 Å². The quantitative estimate of drug-likeness (QED) is 0.333. The second kappa shape index (κ2) is 9.22. The molecular weight excluding hydrogens is 405 g/mol. The van der Waals surface area contributed by atoms with Crippen molar-refractivity contribution in [2.75, 3.05) is 5.32 Å². The normalized spacial score (nSPS) is 11.2. The number of fused-ring (bicyclic) bond motifs is 1. The first-order valence-corrected chi connectivity index (χ1v) is 10.0. The lowest BCUT2D eigenvalue weighted by molar-refractivity contribution is 0.0955. The first-order valence-electron chi connectivity index (χ1n) is 10.0. The highest BCUT2D eigenvalue weighted by Gasteiger charge is 2.10. The first kappa shape index (κ1) is 20.9. The van der Waals surface area contributed by atoms with Gasteiger partial charge in [-0.3, -0.25) is 9.59 Å². The Morgan fingerprint density at radius 2 is 1.50 bits per heavy atom. The van der Waals surface area contributed by atoms with Crippen LogP contribution in [0.15, 0.2) is 96.1 Å². The summed E-state index contributed by atoms with van der Waals surface area (Å²) in [6.07, 6.45) is 0. The Bertz CT molecular complexity index is 1340. The van der Waals surface area contributed by atoms with E-state index in [1.54, 1.807) is 31.2 Å². The van der Waals surface area contributed by atoms with E-state index in [1.165, 1.54) is 24.3 Å². The molecule has 0 saturated carbocycles. The predicted octanol–water partition coefficient (Wildman–Crippen LogP) is 5.39. The van der Waals surface area contributed by atoms with Gasteiger partial charge in [0.15, 0.2) is 0 Å². The van der Waals surface area contributed by atoms with Crippen LogP contribution in [-0.4, -0.2) is 17.5 Å². The van der Waals surface area contributed by atoms with Crippen molar-refractivity contribution in [1.82, 2.24) is 5.43 Å². The largest absolute Gasteiger partial charge is 0.322 e. The maximum absolute atomic E-state index is 13.4. The minimum Gasteiger partial charge on any atom is -0.322 e. The highest BCUT2D eigenvalue weighted by atomic mass is 19.1. The Hall–Kier alpha value is -4.32. The molecule has 0 atom stereocenters. The summed E-state index contributed by atoms with van der Waals surface area (Å²) in [7, 11) is 0. The van der Waals surface area contributed by atoms with E-state index in [2.05, 4.69) is 15.8 Å². The monoisotopic (exact) mass is 425 g/mol. The topological polar surface area (TPSA) is 70.6 Å². The van der Waals surface area contributed by atoms with E-state index in [-0.39, 0.29) is 11.5 Å². The zero-order valence-electron chi connectivity index (χ0n) is 17.3. The van der Waals surface area contributed by atoms with E-state index in [4.69, 9.17) is 0 Å². The summed E-state index contributed by atoms with van der Waals surface area (Å²) >= 11 is 0. The second-order valence-electron chi connectivity index (χ2n) is 7.21. The molecule has 4 rings (SSSR count). The fourth-order valence-corrected chi connectivity index (χ4v) is 3.34. The van der Waals surface area contributed by atoms with Crippen LogP contribution in [-0.2, 0) is 0 Å². The molecule has 0 bridgehead atoms. The number of hydrogen-bond donors (Lipinski definition) is 2. The lowest BCUT2D eigenvalue weighted by atomic mass is 10.0. The van der Waals surface area contributed by atoms with Gasteiger partial charge in [-0.15, -0.1) is 0 Å². The summed E-state index contributed by atoms with van der Waals surface area (Å²) in [5.41, 5.74) is 5.19. The van der Waals surface area contributed by atoms with Crippen LogP contribution in [0.3, 0.4) is 0 Å². The van der Waals surface area contributed by atoms with E-state index in [0.29, 0.717) is 17.0 Å². The summed E-state index contributed by atoms with van der Waals surface area (Å²) < 4.78 is 13.4. The number of carbonyl (C=O) groups is 2. The molecule has 0 radical (unpaired) electrons. The summed E-state index contributed by atoms with van der Waals surface area (Å²) in [4.78, 5) is 25.0. The molecule has 0 fully saturated rings. The minimum atomic E-state index is -0.476. The molecule has 0 aliphatic rings. The molecule has 5 nitrogen and oxygen atoms in total. The summed E-state index contributed by atoms with van der Waals surface area (Å²) in [6.45, 7) is 1.76. The van der Waals surface area contributed by atoms with Crippen LogP contribution in [0.5, 0.6) is 0 Å². The Morgan fingerprint density at radius 1 is 0.781 bits per heavy atom. The highest BCUT2D eigenvalue weighted by Crippen LogP contribution is 2.18. The molecule has 0 aliphatic carbocycles. The standard InChI is InChI=1S/C26H20FN3O2/c1-17(29-30-26(32)24-14-6-8-18-7-2-3-13-23(18)24)19-9-5-12-22(16-19)28-25(31)20-10-4-11-21(27)15-20/h2-16H,1H3,(H,28,31)(H,30,32). The average Bonchev–Trinajstić information content (AvgIpc) is 2.82. The van der Waals surface area contributed by atoms with Gasteiger partial charge in [0.1, 0.15) is 5.82 Å². The number of amides is 2. The summed E-state index contributed by atoms with van der Waals surface area (Å²) in [5.74, 6) is -1.20. The van der Waals surface area contributed by atoms with Gasteiger partial charge in [-0.1, -0.05) is 54.6 Å². The molecule has 2 N–H and O–H groups in total. The van der Waals surface area contributed by atoms with Crippen LogP contribution in [0, 0.1) is 5.82 Å². The zero-order chi connectivity index (χ0) is 22.5. The fraction of sp³-hybridized carbons (Fsp3) is 0.0385. The SMILES string of the molecule is CC(=NNC(=O)c1cccc2ccccc12)c1cccc(NC(=O)c2cccc(F)c2)c1. The molecular formula is C26H20FN3O2. The van der Waals surface area contributed by atoms with E-state index >= 15 is 0 Å². The molecule has 0 spiro atoms. The van der Waals surface area contributed by atoms with E-state index in [1.807, 2.05) is 42.5 Å². The van der Waals surface area contributed by atoms with E-state index in [0.717, 1.165) is 16.3 Å². The number of rotatable bonds is 5. The Kier molecular flexibility index (Phi) is 6.03. The maximum Gasteiger partial charge on any atom is 0.272 e.